The van der Waals surface area contributed by atoms with E-state index in [2.05, 4.69) is 16.0 Å². The van der Waals surface area contributed by atoms with Crippen molar-refractivity contribution in [1.29, 1.82) is 0 Å². The zero-order valence-corrected chi connectivity index (χ0v) is 15.4. The molecule has 1 saturated heterocycles. The van der Waals surface area contributed by atoms with Crippen molar-refractivity contribution in [3.8, 4) is 0 Å². The van der Waals surface area contributed by atoms with Gasteiger partial charge in [0.15, 0.2) is 0 Å². The quantitative estimate of drug-likeness (QED) is 0.691. The molecule has 0 bridgehead atoms. The molecule has 2 aliphatic rings. The van der Waals surface area contributed by atoms with Crippen LogP contribution in [0.15, 0.2) is 0 Å². The molecule has 8 nitrogen and oxygen atoms in total. The molecular weight excluding hydrogens is 324 g/mol. The van der Waals surface area contributed by atoms with Crippen LogP contribution in [0.3, 0.4) is 0 Å². The maximum atomic E-state index is 12.3. The average Bonchev–Trinajstić information content (AvgIpc) is 3.33. The van der Waals surface area contributed by atoms with E-state index >= 15 is 0 Å². The lowest BCUT2D eigenvalue weighted by atomic mass is 9.98. The zero-order chi connectivity index (χ0) is 18.4. The number of likely N-dealkylation sites (tertiary alicyclic amines) is 1. The van der Waals surface area contributed by atoms with Crippen molar-refractivity contribution in [2.75, 3.05) is 26.2 Å². The molecule has 1 aliphatic heterocycles. The number of amides is 4. The smallest absolute Gasteiger partial charge is 0.408 e. The van der Waals surface area contributed by atoms with Crippen LogP contribution in [0.25, 0.3) is 0 Å². The van der Waals surface area contributed by atoms with Crippen LogP contribution in [-0.2, 0) is 9.53 Å². The first-order valence-corrected chi connectivity index (χ1v) is 9.02. The maximum Gasteiger partial charge on any atom is 0.408 e. The van der Waals surface area contributed by atoms with Crippen molar-refractivity contribution >= 4 is 18.0 Å². The predicted molar refractivity (Wildman–Crippen MR) is 93.1 cm³/mol. The summed E-state index contributed by atoms with van der Waals surface area (Å²) in [6.07, 6.45) is 3.41. The van der Waals surface area contributed by atoms with Crippen molar-refractivity contribution in [3.05, 3.63) is 0 Å². The third-order valence-corrected chi connectivity index (χ3v) is 4.12. The van der Waals surface area contributed by atoms with E-state index in [1.807, 2.05) is 0 Å². The highest BCUT2D eigenvalue weighted by molar-refractivity contribution is 5.82. The third kappa shape index (κ3) is 7.62. The van der Waals surface area contributed by atoms with Crippen LogP contribution >= 0.6 is 0 Å². The Morgan fingerprint density at radius 2 is 1.84 bits per heavy atom. The summed E-state index contributed by atoms with van der Waals surface area (Å²) >= 11 is 0. The van der Waals surface area contributed by atoms with Gasteiger partial charge in [-0.1, -0.05) is 0 Å². The number of rotatable bonds is 5. The first-order valence-electron chi connectivity index (χ1n) is 9.02. The fourth-order valence-electron chi connectivity index (χ4n) is 2.73. The summed E-state index contributed by atoms with van der Waals surface area (Å²) in [6.45, 7) is 7.08. The molecule has 142 valence electrons. The first kappa shape index (κ1) is 19.3. The fourth-order valence-corrected chi connectivity index (χ4v) is 2.73. The normalized spacial score (nSPS) is 20.6. The van der Waals surface area contributed by atoms with Gasteiger partial charge in [0, 0.05) is 25.7 Å². The maximum absolute atomic E-state index is 12.3. The molecule has 2 fully saturated rings. The number of nitrogens with one attached hydrogen (secondary N) is 3. The van der Waals surface area contributed by atoms with Gasteiger partial charge in [-0.25, -0.2) is 9.59 Å². The van der Waals surface area contributed by atoms with Crippen LogP contribution in [0.5, 0.6) is 0 Å². The third-order valence-electron chi connectivity index (χ3n) is 4.12. The van der Waals surface area contributed by atoms with Crippen LogP contribution in [0.1, 0.15) is 46.5 Å². The predicted octanol–water partition coefficient (Wildman–Crippen LogP) is 1.21. The molecule has 1 aliphatic carbocycles. The molecule has 1 atom stereocenters. The van der Waals surface area contributed by atoms with Crippen molar-refractivity contribution < 1.29 is 19.1 Å². The highest BCUT2D eigenvalue weighted by Gasteiger charge is 2.26. The number of alkyl carbamates (subject to hydrolysis) is 1. The van der Waals surface area contributed by atoms with Gasteiger partial charge < -0.3 is 25.6 Å². The van der Waals surface area contributed by atoms with E-state index in [1.165, 1.54) is 0 Å². The van der Waals surface area contributed by atoms with Gasteiger partial charge in [-0.3, -0.25) is 4.79 Å². The van der Waals surface area contributed by atoms with E-state index in [1.54, 1.807) is 25.7 Å². The highest BCUT2D eigenvalue weighted by Crippen LogP contribution is 2.18. The minimum Gasteiger partial charge on any atom is -0.444 e. The SMILES string of the molecule is CC(C)(C)OC(=O)NCC(=O)N1CCCC(CNC(=O)NC2CC2)C1. The first-order chi connectivity index (χ1) is 11.7. The van der Waals surface area contributed by atoms with E-state index in [9.17, 15) is 14.4 Å². The van der Waals surface area contributed by atoms with Crippen molar-refractivity contribution in [2.24, 2.45) is 5.92 Å². The van der Waals surface area contributed by atoms with Gasteiger partial charge in [0.1, 0.15) is 12.1 Å². The van der Waals surface area contributed by atoms with Gasteiger partial charge in [0.05, 0.1) is 0 Å². The minimum atomic E-state index is -0.590. The molecule has 3 N–H and O–H groups in total. The Bertz CT molecular complexity index is 499. The molecule has 1 unspecified atom stereocenters. The van der Waals surface area contributed by atoms with Gasteiger partial charge in [-0.2, -0.15) is 0 Å². The van der Waals surface area contributed by atoms with Crippen LogP contribution in [0.4, 0.5) is 9.59 Å². The molecule has 0 aromatic rings. The van der Waals surface area contributed by atoms with E-state index in [-0.39, 0.29) is 24.4 Å². The zero-order valence-electron chi connectivity index (χ0n) is 15.4. The second-order valence-corrected chi connectivity index (χ2v) is 7.83. The summed E-state index contributed by atoms with van der Waals surface area (Å²) in [5.41, 5.74) is -0.587. The molecule has 4 amide bonds. The Kier molecular flexibility index (Phi) is 6.50. The minimum absolute atomic E-state index is 0.0722. The number of hydrogen-bond acceptors (Lipinski definition) is 4. The number of nitrogens with zero attached hydrogens (tertiary/aromatic N) is 1. The molecule has 0 radical (unpaired) electrons. The van der Waals surface area contributed by atoms with Crippen molar-refractivity contribution in [1.82, 2.24) is 20.9 Å². The second kappa shape index (κ2) is 8.40. The summed E-state index contributed by atoms with van der Waals surface area (Å²) < 4.78 is 5.12. The van der Waals surface area contributed by atoms with Gasteiger partial charge in [-0.15, -0.1) is 0 Å². The van der Waals surface area contributed by atoms with Crippen molar-refractivity contribution in [3.63, 3.8) is 0 Å². The van der Waals surface area contributed by atoms with Crippen LogP contribution in [-0.4, -0.2) is 60.8 Å². The molecule has 25 heavy (non-hydrogen) atoms. The Morgan fingerprint density at radius 3 is 2.48 bits per heavy atom. The average molecular weight is 354 g/mol. The highest BCUT2D eigenvalue weighted by atomic mass is 16.6. The molecule has 1 heterocycles. The van der Waals surface area contributed by atoms with Crippen LogP contribution < -0.4 is 16.0 Å². The van der Waals surface area contributed by atoms with Crippen molar-refractivity contribution in [2.45, 2.75) is 58.1 Å². The van der Waals surface area contributed by atoms with Gasteiger partial charge in [0.25, 0.3) is 0 Å². The molecule has 0 aromatic carbocycles. The van der Waals surface area contributed by atoms with Gasteiger partial charge in [0.2, 0.25) is 5.91 Å². The Labute approximate surface area is 149 Å². The van der Waals surface area contributed by atoms with E-state index in [0.717, 1.165) is 25.7 Å². The molecule has 1 saturated carbocycles. The Hall–Kier alpha value is -1.99. The molecule has 0 spiro atoms. The van der Waals surface area contributed by atoms with Crippen LogP contribution in [0.2, 0.25) is 0 Å². The Morgan fingerprint density at radius 1 is 1.12 bits per heavy atom. The van der Waals surface area contributed by atoms with Gasteiger partial charge in [-0.05, 0) is 52.4 Å². The molecular formula is C17H30N4O4. The standard InChI is InChI=1S/C17H30N4O4/c1-17(2,3)25-16(24)19-10-14(22)21-8-4-5-12(11-21)9-18-15(23)20-13-6-7-13/h12-13H,4-11H2,1-3H3,(H,19,24)(H2,18,20,23). The van der Waals surface area contributed by atoms with Gasteiger partial charge >= 0.3 is 12.1 Å². The Balaban J connectivity index is 1.67. The lowest BCUT2D eigenvalue weighted by molar-refractivity contribution is -0.132. The number of ether oxygens (including phenoxy) is 1. The fraction of sp³-hybridized carbons (Fsp3) is 0.824. The number of carbonyl (C=O) groups excluding carboxylic acids is 3. The number of urea groups is 1. The lowest BCUT2D eigenvalue weighted by Crippen LogP contribution is -2.48. The number of piperidine rings is 1. The van der Waals surface area contributed by atoms with Crippen LogP contribution in [0, 0.1) is 5.92 Å². The second-order valence-electron chi connectivity index (χ2n) is 7.83. The molecule has 2 rings (SSSR count). The topological polar surface area (TPSA) is 99.8 Å². The summed E-state index contributed by atoms with van der Waals surface area (Å²) in [6, 6.07) is 0.209. The monoisotopic (exact) mass is 354 g/mol. The summed E-state index contributed by atoms with van der Waals surface area (Å²) in [5, 5.41) is 8.27. The van der Waals surface area contributed by atoms with E-state index in [0.29, 0.717) is 25.7 Å². The van der Waals surface area contributed by atoms with E-state index < -0.39 is 11.7 Å². The largest absolute Gasteiger partial charge is 0.444 e. The number of hydrogen-bond donors (Lipinski definition) is 3. The number of carbonyl (C=O) groups is 3. The summed E-state index contributed by atoms with van der Waals surface area (Å²) in [7, 11) is 0. The molecule has 8 heteroatoms. The summed E-state index contributed by atoms with van der Waals surface area (Å²) in [5.74, 6) is 0.113. The molecule has 0 aromatic heterocycles. The van der Waals surface area contributed by atoms with E-state index in [4.69, 9.17) is 4.74 Å². The lowest BCUT2D eigenvalue weighted by Gasteiger charge is -2.33. The summed E-state index contributed by atoms with van der Waals surface area (Å²) in [4.78, 5) is 37.3.